The van der Waals surface area contributed by atoms with Gasteiger partial charge in [0.15, 0.2) is 0 Å². The molecule has 0 bridgehead atoms. The van der Waals surface area contributed by atoms with Crippen molar-refractivity contribution in [3.63, 3.8) is 0 Å². The lowest BCUT2D eigenvalue weighted by atomic mass is 10.1. The smallest absolute Gasteiger partial charge is 0.149 e. The molecular formula is C17H13BrFNO. The van der Waals surface area contributed by atoms with Gasteiger partial charge in [0.25, 0.3) is 0 Å². The molecule has 0 spiro atoms. The van der Waals surface area contributed by atoms with Gasteiger partial charge in [-0.25, -0.2) is 4.39 Å². The summed E-state index contributed by atoms with van der Waals surface area (Å²) in [5.74, 6) is 0.336. The Balaban J connectivity index is 1.73. The molecule has 1 heterocycles. The first kappa shape index (κ1) is 14.0. The van der Waals surface area contributed by atoms with Crippen molar-refractivity contribution in [1.29, 1.82) is 0 Å². The molecule has 0 amide bonds. The minimum atomic E-state index is -0.328. The van der Waals surface area contributed by atoms with Gasteiger partial charge in [-0.2, -0.15) is 0 Å². The summed E-state index contributed by atoms with van der Waals surface area (Å²) >= 11 is 3.41. The number of ether oxygens (including phenoxy) is 1. The van der Waals surface area contributed by atoms with Gasteiger partial charge in [0.2, 0.25) is 0 Å². The molecule has 106 valence electrons. The van der Waals surface area contributed by atoms with Crippen molar-refractivity contribution in [3.8, 4) is 5.75 Å². The summed E-state index contributed by atoms with van der Waals surface area (Å²) in [4.78, 5) is 4.06. The highest BCUT2D eigenvalue weighted by Crippen LogP contribution is 2.25. The molecule has 4 heteroatoms. The van der Waals surface area contributed by atoms with Gasteiger partial charge < -0.3 is 4.74 Å². The van der Waals surface area contributed by atoms with Crippen LogP contribution in [0.5, 0.6) is 5.75 Å². The number of benzene rings is 2. The maximum atomic E-state index is 13.7. The van der Waals surface area contributed by atoms with Crippen molar-refractivity contribution in [2.75, 3.05) is 6.61 Å². The molecule has 0 aliphatic heterocycles. The molecule has 2 aromatic carbocycles. The maximum absolute atomic E-state index is 13.7. The van der Waals surface area contributed by atoms with E-state index in [0.717, 1.165) is 10.9 Å². The Hall–Kier alpha value is -1.94. The number of rotatable bonds is 4. The fourth-order valence-corrected chi connectivity index (χ4v) is 2.43. The molecule has 0 fully saturated rings. The van der Waals surface area contributed by atoms with Crippen molar-refractivity contribution < 1.29 is 9.13 Å². The van der Waals surface area contributed by atoms with Gasteiger partial charge in [-0.1, -0.05) is 34.1 Å². The zero-order valence-corrected chi connectivity index (χ0v) is 12.8. The van der Waals surface area contributed by atoms with Gasteiger partial charge >= 0.3 is 0 Å². The molecule has 0 saturated carbocycles. The van der Waals surface area contributed by atoms with Crippen LogP contribution in [0.1, 0.15) is 5.56 Å². The molecule has 3 aromatic rings. The summed E-state index contributed by atoms with van der Waals surface area (Å²) < 4.78 is 20.5. The fraction of sp³-hybridized carbons (Fsp3) is 0.118. The third-order valence-electron chi connectivity index (χ3n) is 3.24. The van der Waals surface area contributed by atoms with Gasteiger partial charge in [-0.15, -0.1) is 0 Å². The quantitative estimate of drug-likeness (QED) is 0.680. The van der Waals surface area contributed by atoms with Crippen molar-refractivity contribution in [3.05, 3.63) is 70.6 Å². The van der Waals surface area contributed by atoms with Crippen LogP contribution in [0.15, 0.2) is 59.2 Å². The number of nitrogens with zero attached hydrogens (tertiary/aromatic N) is 1. The van der Waals surface area contributed by atoms with Crippen molar-refractivity contribution >= 4 is 26.8 Å². The van der Waals surface area contributed by atoms with Gasteiger partial charge in [0.05, 0.1) is 6.61 Å². The maximum Gasteiger partial charge on any atom is 0.149 e. The van der Waals surface area contributed by atoms with Crippen LogP contribution in [-0.2, 0) is 6.42 Å². The van der Waals surface area contributed by atoms with Crippen LogP contribution in [0.3, 0.4) is 0 Å². The lowest BCUT2D eigenvalue weighted by Gasteiger charge is -2.09. The van der Waals surface area contributed by atoms with Crippen molar-refractivity contribution in [1.82, 2.24) is 4.98 Å². The van der Waals surface area contributed by atoms with E-state index in [1.54, 1.807) is 18.3 Å². The zero-order chi connectivity index (χ0) is 14.7. The Bertz CT molecular complexity index is 758. The summed E-state index contributed by atoms with van der Waals surface area (Å²) in [6.45, 7) is 0.539. The third-order valence-corrected chi connectivity index (χ3v) is 3.77. The lowest BCUT2D eigenvalue weighted by molar-refractivity contribution is 0.325. The fourth-order valence-electron chi connectivity index (χ4n) is 2.17. The van der Waals surface area contributed by atoms with E-state index in [1.807, 2.05) is 18.2 Å². The van der Waals surface area contributed by atoms with Gasteiger partial charge in [0.1, 0.15) is 17.1 Å². The number of fused-ring (bicyclic) bond motifs is 1. The average molecular weight is 346 g/mol. The number of hydrogen-bond donors (Lipinski definition) is 0. The van der Waals surface area contributed by atoms with E-state index in [4.69, 9.17) is 4.74 Å². The Kier molecular flexibility index (Phi) is 4.15. The second kappa shape index (κ2) is 6.22. The van der Waals surface area contributed by atoms with Crippen LogP contribution >= 0.6 is 15.9 Å². The summed E-state index contributed by atoms with van der Waals surface area (Å²) in [5.41, 5.74) is 1.54. The first-order valence-electron chi connectivity index (χ1n) is 6.64. The van der Waals surface area contributed by atoms with Gasteiger partial charge in [0, 0.05) is 22.5 Å². The first-order valence-corrected chi connectivity index (χ1v) is 7.44. The standard InChI is InChI=1S/C17H13BrFNO/c18-13-6-4-12(5-7-13)9-11-21-16-8-10-20-17-14(16)2-1-3-15(17)19/h1-8,10H,9,11H2. The molecule has 0 saturated heterocycles. The summed E-state index contributed by atoms with van der Waals surface area (Å²) in [7, 11) is 0. The Morgan fingerprint density at radius 1 is 1.05 bits per heavy atom. The minimum Gasteiger partial charge on any atom is -0.492 e. The van der Waals surface area contributed by atoms with E-state index in [-0.39, 0.29) is 5.82 Å². The number of aromatic nitrogens is 1. The highest BCUT2D eigenvalue weighted by molar-refractivity contribution is 9.10. The van der Waals surface area contributed by atoms with E-state index >= 15 is 0 Å². The Labute approximate surface area is 130 Å². The Morgan fingerprint density at radius 3 is 2.67 bits per heavy atom. The Morgan fingerprint density at radius 2 is 1.86 bits per heavy atom. The van der Waals surface area contributed by atoms with E-state index in [1.165, 1.54) is 11.6 Å². The lowest BCUT2D eigenvalue weighted by Crippen LogP contribution is -2.02. The van der Waals surface area contributed by atoms with Crippen molar-refractivity contribution in [2.24, 2.45) is 0 Å². The predicted octanol–water partition coefficient (Wildman–Crippen LogP) is 4.76. The average Bonchev–Trinajstić information content (AvgIpc) is 2.50. The van der Waals surface area contributed by atoms with Crippen LogP contribution in [0.4, 0.5) is 4.39 Å². The molecular weight excluding hydrogens is 333 g/mol. The predicted molar refractivity (Wildman–Crippen MR) is 85.0 cm³/mol. The molecule has 0 unspecified atom stereocenters. The van der Waals surface area contributed by atoms with E-state index in [0.29, 0.717) is 23.3 Å². The molecule has 2 nitrogen and oxygen atoms in total. The monoisotopic (exact) mass is 345 g/mol. The van der Waals surface area contributed by atoms with E-state index in [9.17, 15) is 4.39 Å². The molecule has 3 rings (SSSR count). The first-order chi connectivity index (χ1) is 10.2. The number of para-hydroxylation sites is 1. The van der Waals surface area contributed by atoms with Crippen LogP contribution in [0, 0.1) is 5.82 Å². The number of halogens is 2. The summed E-state index contributed by atoms with van der Waals surface area (Å²) in [6.07, 6.45) is 2.37. The number of pyridine rings is 1. The van der Waals surface area contributed by atoms with Crippen LogP contribution in [0.25, 0.3) is 10.9 Å². The second-order valence-corrected chi connectivity index (χ2v) is 5.59. The topological polar surface area (TPSA) is 22.1 Å². The zero-order valence-electron chi connectivity index (χ0n) is 11.2. The van der Waals surface area contributed by atoms with Gasteiger partial charge in [-0.3, -0.25) is 4.98 Å². The SMILES string of the molecule is Fc1cccc2c(OCCc3ccc(Br)cc3)ccnc12. The van der Waals surface area contributed by atoms with Crippen LogP contribution < -0.4 is 4.74 Å². The highest BCUT2D eigenvalue weighted by Gasteiger charge is 2.06. The van der Waals surface area contributed by atoms with Gasteiger partial charge in [-0.05, 0) is 35.9 Å². The molecule has 0 aliphatic rings. The summed E-state index contributed by atoms with van der Waals surface area (Å²) in [6, 6.07) is 14.8. The van der Waals surface area contributed by atoms with E-state index < -0.39 is 0 Å². The molecule has 1 aromatic heterocycles. The normalized spacial score (nSPS) is 10.8. The molecule has 0 aliphatic carbocycles. The molecule has 21 heavy (non-hydrogen) atoms. The largest absolute Gasteiger partial charge is 0.492 e. The summed E-state index contributed by atoms with van der Waals surface area (Å²) in [5, 5.41) is 0.702. The van der Waals surface area contributed by atoms with Crippen LogP contribution in [-0.4, -0.2) is 11.6 Å². The highest BCUT2D eigenvalue weighted by atomic mass is 79.9. The van der Waals surface area contributed by atoms with Crippen LogP contribution in [0.2, 0.25) is 0 Å². The molecule has 0 radical (unpaired) electrons. The minimum absolute atomic E-state index is 0.328. The van der Waals surface area contributed by atoms with E-state index in [2.05, 4.69) is 33.0 Å². The third kappa shape index (κ3) is 3.22. The molecule has 0 atom stereocenters. The van der Waals surface area contributed by atoms with Crippen molar-refractivity contribution in [2.45, 2.75) is 6.42 Å². The molecule has 0 N–H and O–H groups in total. The number of hydrogen-bond acceptors (Lipinski definition) is 2. The second-order valence-electron chi connectivity index (χ2n) is 4.67.